The molecule has 2 N–H and O–H groups in total. The van der Waals surface area contributed by atoms with Gasteiger partial charge in [-0.15, -0.1) is 0 Å². The summed E-state index contributed by atoms with van der Waals surface area (Å²) in [5.41, 5.74) is 11.0. The van der Waals surface area contributed by atoms with Crippen molar-refractivity contribution in [1.29, 1.82) is 0 Å². The highest BCUT2D eigenvalue weighted by molar-refractivity contribution is 5.97. The topological polar surface area (TPSA) is 51.8 Å². The average molecular weight is 345 g/mol. The van der Waals surface area contributed by atoms with Gasteiger partial charge < -0.3 is 5.73 Å². The number of hydrogen-bond acceptors (Lipinski definition) is 3. The second-order valence-electron chi connectivity index (χ2n) is 6.39. The molecule has 0 saturated carbocycles. The Morgan fingerprint density at radius 1 is 0.704 bits per heavy atom. The Balaban J connectivity index is 1.64. The summed E-state index contributed by atoms with van der Waals surface area (Å²) >= 11 is 0. The Labute approximate surface area is 157 Å². The Hall–Kier alpha value is -3.90. The van der Waals surface area contributed by atoms with Gasteiger partial charge in [0.15, 0.2) is 0 Å². The molecular weight excluding hydrogens is 330 g/mol. The van der Waals surface area contributed by atoms with Crippen LogP contribution in [0.4, 0.5) is 5.95 Å². The van der Waals surface area contributed by atoms with E-state index in [0.29, 0.717) is 0 Å². The van der Waals surface area contributed by atoms with E-state index in [1.165, 1.54) is 10.9 Å². The van der Waals surface area contributed by atoms with E-state index in [1.807, 2.05) is 30.3 Å². The zero-order valence-electron chi connectivity index (χ0n) is 14.5. The molecule has 0 amide bonds. The lowest BCUT2D eigenvalue weighted by Gasteiger charge is -2.09. The average Bonchev–Trinajstić information content (AvgIpc) is 2.73. The highest BCUT2D eigenvalue weighted by Gasteiger charge is 2.09. The zero-order valence-corrected chi connectivity index (χ0v) is 14.5. The largest absolute Gasteiger partial charge is 0.368 e. The van der Waals surface area contributed by atoms with Crippen molar-refractivity contribution in [1.82, 2.24) is 9.97 Å². The highest BCUT2D eigenvalue weighted by Crippen LogP contribution is 2.31. The summed E-state index contributed by atoms with van der Waals surface area (Å²) in [5.74, 6) is 0.286. The van der Waals surface area contributed by atoms with Crippen molar-refractivity contribution in [2.45, 2.75) is 0 Å². The Morgan fingerprint density at radius 2 is 1.52 bits per heavy atom. The van der Waals surface area contributed by atoms with Gasteiger partial charge in [-0.2, -0.15) is 0 Å². The van der Waals surface area contributed by atoms with Crippen molar-refractivity contribution in [3.05, 3.63) is 91.0 Å². The molecule has 0 aliphatic heterocycles. The predicted molar refractivity (Wildman–Crippen MR) is 110 cm³/mol. The molecular formula is C24H15N3. The van der Waals surface area contributed by atoms with Gasteiger partial charge in [0.25, 0.3) is 0 Å². The van der Waals surface area contributed by atoms with E-state index in [4.69, 9.17) is 5.73 Å². The normalized spacial score (nSPS) is 10.8. The zero-order chi connectivity index (χ0) is 18.2. The van der Waals surface area contributed by atoms with Crippen LogP contribution in [0.25, 0.3) is 44.1 Å². The lowest BCUT2D eigenvalue weighted by atomic mass is 9.97. The number of benzene rings is 3. The van der Waals surface area contributed by atoms with Crippen LogP contribution in [0.1, 0.15) is 0 Å². The van der Waals surface area contributed by atoms with Crippen LogP contribution in [0.2, 0.25) is 0 Å². The van der Waals surface area contributed by atoms with Crippen molar-refractivity contribution in [3.8, 4) is 22.4 Å². The van der Waals surface area contributed by atoms with Crippen LogP contribution in [0.5, 0.6) is 0 Å². The van der Waals surface area contributed by atoms with Gasteiger partial charge in [0.05, 0.1) is 11.2 Å². The second-order valence-corrected chi connectivity index (χ2v) is 6.39. The summed E-state index contributed by atoms with van der Waals surface area (Å²) in [6, 6.07) is 32.7. The summed E-state index contributed by atoms with van der Waals surface area (Å²) in [6.07, 6.45) is 0. The van der Waals surface area contributed by atoms with Crippen molar-refractivity contribution in [2.75, 3.05) is 5.73 Å². The quantitative estimate of drug-likeness (QED) is 0.472. The predicted octanol–water partition coefficient (Wildman–Crippen LogP) is 5.30. The van der Waals surface area contributed by atoms with Crippen molar-refractivity contribution in [3.63, 3.8) is 0 Å². The first kappa shape index (κ1) is 15.4. The van der Waals surface area contributed by atoms with E-state index in [0.717, 1.165) is 33.1 Å². The van der Waals surface area contributed by atoms with Gasteiger partial charge in [0.2, 0.25) is 5.95 Å². The van der Waals surface area contributed by atoms with Crippen LogP contribution in [0.3, 0.4) is 0 Å². The lowest BCUT2D eigenvalue weighted by Crippen LogP contribution is -1.98. The summed E-state index contributed by atoms with van der Waals surface area (Å²) < 4.78 is 0. The maximum atomic E-state index is 5.92. The highest BCUT2D eigenvalue weighted by atomic mass is 15.0. The number of nitrogens with zero attached hydrogens (tertiary/aromatic N) is 2. The van der Waals surface area contributed by atoms with Crippen LogP contribution in [-0.4, -0.2) is 9.97 Å². The maximum absolute atomic E-state index is 5.92. The smallest absolute Gasteiger partial charge is 0.221 e. The second kappa shape index (κ2) is 6.12. The Morgan fingerprint density at radius 3 is 2.41 bits per heavy atom. The number of aromatic nitrogens is 2. The molecule has 1 aromatic heterocycles. The molecule has 0 aliphatic carbocycles. The van der Waals surface area contributed by atoms with Crippen molar-refractivity contribution < 1.29 is 0 Å². The SMILES string of the molecule is Nc1nc(-c2ccc(-c3cccc4c#cccc34)cc2)c2ccccc2n1. The monoisotopic (exact) mass is 345 g/mol. The summed E-state index contributed by atoms with van der Waals surface area (Å²) in [7, 11) is 0. The molecule has 0 fully saturated rings. The third kappa shape index (κ3) is 2.65. The van der Waals surface area contributed by atoms with Gasteiger partial charge >= 0.3 is 0 Å². The van der Waals surface area contributed by atoms with Gasteiger partial charge in [-0.3, -0.25) is 0 Å². The molecule has 0 spiro atoms. The molecule has 5 rings (SSSR count). The van der Waals surface area contributed by atoms with Crippen LogP contribution in [0.15, 0.2) is 78.9 Å². The van der Waals surface area contributed by atoms with E-state index >= 15 is 0 Å². The van der Waals surface area contributed by atoms with E-state index in [-0.39, 0.29) is 5.95 Å². The standard InChI is InChI=1S/C24H15N3/c25-24-26-22-11-4-3-9-21(22)23(27-24)18-14-12-17(13-15-18)20-10-5-7-16-6-1-2-8-19(16)20/h2-5,7-15H,(H2,25,26,27). The number of nitrogen functional groups attached to an aromatic ring is 1. The number of fused-ring (bicyclic) bond motifs is 2. The number of anilines is 1. The molecule has 0 saturated heterocycles. The molecule has 27 heavy (non-hydrogen) atoms. The first-order valence-corrected chi connectivity index (χ1v) is 8.74. The van der Waals surface area contributed by atoms with E-state index < -0.39 is 0 Å². The molecule has 126 valence electrons. The van der Waals surface area contributed by atoms with Gasteiger partial charge in [0.1, 0.15) is 0 Å². The van der Waals surface area contributed by atoms with Crippen LogP contribution in [-0.2, 0) is 0 Å². The third-order valence-corrected chi connectivity index (χ3v) is 4.74. The van der Waals surface area contributed by atoms with Gasteiger partial charge in [0, 0.05) is 16.3 Å². The molecule has 0 atom stereocenters. The molecule has 0 aliphatic rings. The van der Waals surface area contributed by atoms with E-state index in [2.05, 4.69) is 70.6 Å². The van der Waals surface area contributed by atoms with Crippen molar-refractivity contribution >= 4 is 27.6 Å². The van der Waals surface area contributed by atoms with Gasteiger partial charge in [-0.05, 0) is 40.8 Å². The van der Waals surface area contributed by atoms with Crippen LogP contribution < -0.4 is 5.73 Å². The molecule has 4 aromatic carbocycles. The van der Waals surface area contributed by atoms with Crippen molar-refractivity contribution in [2.24, 2.45) is 0 Å². The number of nitrogens with two attached hydrogens (primary N) is 1. The van der Waals surface area contributed by atoms with E-state index in [9.17, 15) is 0 Å². The van der Waals surface area contributed by atoms with Crippen LogP contribution >= 0.6 is 0 Å². The summed E-state index contributed by atoms with van der Waals surface area (Å²) in [4.78, 5) is 8.80. The lowest BCUT2D eigenvalue weighted by molar-refractivity contribution is 1.24. The minimum absolute atomic E-state index is 0.286. The fraction of sp³-hybridized carbons (Fsp3) is 0. The molecule has 3 nitrogen and oxygen atoms in total. The minimum atomic E-state index is 0.286. The first-order chi connectivity index (χ1) is 13.3. The molecule has 0 bridgehead atoms. The maximum Gasteiger partial charge on any atom is 0.221 e. The first-order valence-electron chi connectivity index (χ1n) is 8.74. The Kier molecular flexibility index (Phi) is 3.48. The number of rotatable bonds is 2. The van der Waals surface area contributed by atoms with Gasteiger partial charge in [-0.1, -0.05) is 66.7 Å². The molecule has 0 unspecified atom stereocenters. The molecule has 3 heteroatoms. The third-order valence-electron chi connectivity index (χ3n) is 4.74. The summed E-state index contributed by atoms with van der Waals surface area (Å²) in [5, 5.41) is 3.23. The Bertz CT molecular complexity index is 1270. The minimum Gasteiger partial charge on any atom is -0.368 e. The molecule has 0 radical (unpaired) electrons. The number of para-hydroxylation sites is 1. The summed E-state index contributed by atoms with van der Waals surface area (Å²) in [6.45, 7) is 0. The van der Waals surface area contributed by atoms with E-state index in [1.54, 1.807) is 0 Å². The fourth-order valence-electron chi connectivity index (χ4n) is 3.47. The van der Waals surface area contributed by atoms with Crippen LogP contribution in [0, 0.1) is 12.1 Å². The van der Waals surface area contributed by atoms with Gasteiger partial charge in [-0.25, -0.2) is 9.97 Å². The number of hydrogen-bond donors (Lipinski definition) is 1. The molecule has 5 aromatic rings. The fourth-order valence-corrected chi connectivity index (χ4v) is 3.47. The molecule has 1 heterocycles.